The molecule has 43 heavy (non-hydrogen) atoms. The Hall–Kier alpha value is -4.37. The van der Waals surface area contributed by atoms with Crippen LogP contribution in [-0.4, -0.2) is 20.4 Å². The summed E-state index contributed by atoms with van der Waals surface area (Å²) in [5.74, 6) is 0. The molecule has 0 amide bonds. The second-order valence-corrected chi connectivity index (χ2v) is 12.7. The highest BCUT2D eigenvalue weighted by Gasteiger charge is 2.59. The van der Waals surface area contributed by atoms with Crippen molar-refractivity contribution in [3.8, 4) is 0 Å². The van der Waals surface area contributed by atoms with Gasteiger partial charge in [-0.2, -0.15) is 0 Å². The van der Waals surface area contributed by atoms with E-state index in [-0.39, 0.29) is 0 Å². The number of hydrogen-bond donors (Lipinski definition) is 0. The van der Waals surface area contributed by atoms with Gasteiger partial charge in [-0.05, 0) is 59.6 Å². The largest absolute Gasteiger partial charge is 0.415 e. The highest BCUT2D eigenvalue weighted by Crippen LogP contribution is 2.54. The molecule has 0 bridgehead atoms. The van der Waals surface area contributed by atoms with E-state index in [4.69, 9.17) is 0 Å². The van der Waals surface area contributed by atoms with Gasteiger partial charge in [0.05, 0.1) is 0 Å². The zero-order valence-electron chi connectivity index (χ0n) is 27.4. The predicted octanol–water partition coefficient (Wildman–Crippen LogP) is 8.29. The van der Waals surface area contributed by atoms with Crippen molar-refractivity contribution >= 4 is 28.4 Å². The fraction of sp³-hybridized carbons (Fsp3) is 0.225. The minimum Gasteiger partial charge on any atom is -0.415 e. The van der Waals surface area contributed by atoms with Crippen LogP contribution in [0.1, 0.15) is 50.1 Å². The molecular weight excluding hydrogens is 519 g/mol. The summed E-state index contributed by atoms with van der Waals surface area (Å²) in [6.45, 7) is 15.6. The lowest BCUT2D eigenvalue weighted by Gasteiger charge is -2.29. The normalized spacial score (nSPS) is 15.6. The molecule has 0 saturated heterocycles. The molecule has 0 N–H and O–H groups in total. The average molecular weight is 565 g/mol. The summed E-state index contributed by atoms with van der Waals surface area (Å²) in [4.78, 5) is 2.17. The Kier molecular flexibility index (Phi) is 8.46. The first kappa shape index (κ1) is 30.1. The van der Waals surface area contributed by atoms with E-state index in [0.29, 0.717) is 0 Å². The molecule has 1 aliphatic heterocycles. The third-order valence-electron chi connectivity index (χ3n) is 8.97. The van der Waals surface area contributed by atoms with E-state index in [1.54, 1.807) is 0 Å². The molecule has 3 heteroatoms. The van der Waals surface area contributed by atoms with Crippen LogP contribution in [0.4, 0.5) is 5.69 Å². The van der Waals surface area contributed by atoms with Crippen molar-refractivity contribution in [1.29, 1.82) is 0 Å². The van der Waals surface area contributed by atoms with Crippen LogP contribution in [0.3, 0.4) is 0 Å². The van der Waals surface area contributed by atoms with Crippen molar-refractivity contribution in [1.82, 2.24) is 0 Å². The van der Waals surface area contributed by atoms with Crippen molar-refractivity contribution in [3.63, 3.8) is 0 Å². The van der Waals surface area contributed by atoms with Crippen LogP contribution in [0.15, 0.2) is 109 Å². The average Bonchev–Trinajstić information content (AvgIpc) is 3.62. The van der Waals surface area contributed by atoms with Crippen molar-refractivity contribution in [2.45, 2.75) is 48.5 Å². The molecule has 0 saturated carbocycles. The van der Waals surface area contributed by atoms with Crippen LogP contribution in [0.2, 0.25) is 0 Å². The van der Waals surface area contributed by atoms with Gasteiger partial charge in [0.1, 0.15) is 12.4 Å². The maximum atomic E-state index is 2.51. The van der Waals surface area contributed by atoms with Gasteiger partial charge in [0.15, 0.2) is 0 Å². The molecule has 0 aliphatic carbocycles. The fourth-order valence-corrected chi connectivity index (χ4v) is 7.39. The fourth-order valence-electron chi connectivity index (χ4n) is 7.39. The molecule has 5 aromatic rings. The monoisotopic (exact) mass is 564 g/mol. The third-order valence-corrected chi connectivity index (χ3v) is 8.97. The Morgan fingerprint density at radius 2 is 0.977 bits per heavy atom. The van der Waals surface area contributed by atoms with Crippen LogP contribution in [-0.2, 0) is 0 Å². The zero-order valence-corrected chi connectivity index (χ0v) is 27.4. The summed E-state index contributed by atoms with van der Waals surface area (Å²) < 4.78 is 2.51. The Morgan fingerprint density at radius 1 is 0.512 bits per heavy atom. The zero-order chi connectivity index (χ0) is 30.9. The molecular formula is C40H45BN2. The number of pyridine rings is 1. The van der Waals surface area contributed by atoms with E-state index < -0.39 is 6.28 Å². The van der Waals surface area contributed by atoms with E-state index in [1.165, 1.54) is 72.2 Å². The maximum absolute atomic E-state index is 2.51. The smallest absolute Gasteiger partial charge is 0.356 e. The SMILES string of the molecule is Cc1cc(C)c(C2=C(c3ccccc3)[B@-]2(c2c(C)cc(C)cc2C)[n+]2ccc(N(C)C)cc2)c(C)c1.Cc1ccccc1. The number of rotatable bonds is 5. The number of hydrogen-bond acceptors (Lipinski definition) is 1. The Morgan fingerprint density at radius 3 is 1.42 bits per heavy atom. The quantitative estimate of drug-likeness (QED) is 0.195. The molecule has 1 atom stereocenters. The first-order valence-corrected chi connectivity index (χ1v) is 15.4. The summed E-state index contributed by atoms with van der Waals surface area (Å²) in [5.41, 5.74) is 17.7. The second-order valence-electron chi connectivity index (χ2n) is 12.7. The summed E-state index contributed by atoms with van der Waals surface area (Å²) in [7, 11) is 4.20. The molecule has 2 heterocycles. The third kappa shape index (κ3) is 5.69. The molecule has 0 radical (unpaired) electrons. The van der Waals surface area contributed by atoms with E-state index in [0.717, 1.165) is 0 Å². The summed E-state index contributed by atoms with van der Waals surface area (Å²) in [5, 5.41) is 0. The van der Waals surface area contributed by atoms with Crippen LogP contribution in [0.25, 0.3) is 10.9 Å². The van der Waals surface area contributed by atoms with Gasteiger partial charge in [0.25, 0.3) is 0 Å². The summed E-state index contributed by atoms with van der Waals surface area (Å²) in [6, 6.07) is 35.2. The lowest BCUT2D eigenvalue weighted by atomic mass is 9.36. The lowest BCUT2D eigenvalue weighted by Crippen LogP contribution is -2.66. The Balaban J connectivity index is 0.000000463. The number of aromatic nitrogens is 1. The van der Waals surface area contributed by atoms with Crippen LogP contribution in [0.5, 0.6) is 0 Å². The molecule has 2 nitrogen and oxygen atoms in total. The van der Waals surface area contributed by atoms with Crippen molar-refractivity contribution < 1.29 is 4.48 Å². The molecule has 218 valence electrons. The van der Waals surface area contributed by atoms with Crippen molar-refractivity contribution in [3.05, 3.63) is 160 Å². The maximum Gasteiger partial charge on any atom is 0.356 e. The molecule has 6 rings (SSSR count). The van der Waals surface area contributed by atoms with E-state index >= 15 is 0 Å². The molecule has 1 aliphatic rings. The van der Waals surface area contributed by atoms with Crippen molar-refractivity contribution in [2.75, 3.05) is 19.0 Å². The van der Waals surface area contributed by atoms with Gasteiger partial charge in [-0.3, -0.25) is 0 Å². The standard InChI is InChI=1S/C33H37BN2.C7H8/c1-22-18-24(3)30(25(4)19-22)33-32(28-12-10-9-11-13-28)34(33,31-26(5)20-23(2)21-27(31)6)36-16-14-29(15-17-36)35(7)8;1-7-5-3-2-4-6-7/h9-21H,1-8H3;2-6H,1H3/t34-;/m0./s1. The minimum atomic E-state index is -1.31. The van der Waals surface area contributed by atoms with Gasteiger partial charge < -0.3 is 9.38 Å². The molecule has 4 aromatic carbocycles. The highest BCUT2D eigenvalue weighted by molar-refractivity contribution is 7.27. The number of benzene rings is 4. The van der Waals surface area contributed by atoms with Crippen LogP contribution < -0.4 is 14.8 Å². The molecule has 0 spiro atoms. The first-order chi connectivity index (χ1) is 20.5. The summed E-state index contributed by atoms with van der Waals surface area (Å²) >= 11 is 0. The van der Waals surface area contributed by atoms with E-state index in [1.807, 2.05) is 18.2 Å². The van der Waals surface area contributed by atoms with E-state index in [9.17, 15) is 0 Å². The summed E-state index contributed by atoms with van der Waals surface area (Å²) in [6.07, 6.45) is 3.28. The van der Waals surface area contributed by atoms with Gasteiger partial charge in [0.2, 0.25) is 0 Å². The van der Waals surface area contributed by atoms with Crippen molar-refractivity contribution in [2.24, 2.45) is 0 Å². The van der Waals surface area contributed by atoms with Crippen LogP contribution in [0, 0.1) is 48.5 Å². The van der Waals surface area contributed by atoms with Crippen LogP contribution >= 0.6 is 0 Å². The first-order valence-electron chi connectivity index (χ1n) is 15.4. The molecule has 0 fully saturated rings. The Labute approximate surface area is 259 Å². The molecule has 0 unspecified atom stereocenters. The second kappa shape index (κ2) is 12.1. The minimum absolute atomic E-state index is 1.21. The number of aryl methyl sites for hydroxylation is 7. The van der Waals surface area contributed by atoms with E-state index in [2.05, 4.69) is 163 Å². The van der Waals surface area contributed by atoms with Gasteiger partial charge in [-0.15, -0.1) is 16.4 Å². The van der Waals surface area contributed by atoms with Gasteiger partial charge in [-0.1, -0.05) is 124 Å². The lowest BCUT2D eigenvalue weighted by molar-refractivity contribution is -0.536. The predicted molar refractivity (Wildman–Crippen MR) is 187 cm³/mol. The Bertz CT molecular complexity index is 1740. The number of nitrogens with zero attached hydrogens (tertiary/aromatic N) is 2. The topological polar surface area (TPSA) is 7.12 Å². The van der Waals surface area contributed by atoms with Gasteiger partial charge in [0, 0.05) is 31.9 Å². The van der Waals surface area contributed by atoms with Gasteiger partial charge in [-0.25, -0.2) is 0 Å². The molecule has 1 aromatic heterocycles. The number of anilines is 1. The van der Waals surface area contributed by atoms with Gasteiger partial charge >= 0.3 is 6.28 Å². The highest BCUT2D eigenvalue weighted by atomic mass is 15.1.